The molecule has 2 aromatic carbocycles. The molecule has 1 saturated heterocycles. The van der Waals surface area contributed by atoms with Crippen molar-refractivity contribution in [2.24, 2.45) is 0 Å². The summed E-state index contributed by atoms with van der Waals surface area (Å²) in [6.07, 6.45) is 0.918. The first-order chi connectivity index (χ1) is 16.7. The van der Waals surface area contributed by atoms with Gasteiger partial charge in [-0.1, -0.05) is 39.0 Å². The van der Waals surface area contributed by atoms with Crippen molar-refractivity contribution in [1.29, 1.82) is 0 Å². The van der Waals surface area contributed by atoms with Crippen LogP contribution in [0.5, 0.6) is 5.75 Å². The highest BCUT2D eigenvalue weighted by atomic mass is 16.5. The molecule has 186 valence electrons. The quantitative estimate of drug-likeness (QED) is 0.509. The van der Waals surface area contributed by atoms with Crippen LogP contribution in [0.4, 0.5) is 11.4 Å². The molecule has 1 unspecified atom stereocenters. The molecule has 0 radical (unpaired) electrons. The number of H-pyrrole nitrogens is 1. The SMILES string of the molecule is COc1ccccc1C(c1c(C(C)(C)C)n[nH]c1C)N(C=O)c1ccc(N2CCN(C)CC2)cc1. The second-order valence-electron chi connectivity index (χ2n) is 10.3. The van der Waals surface area contributed by atoms with Crippen LogP contribution in [-0.2, 0) is 10.2 Å². The third-order valence-electron chi connectivity index (χ3n) is 6.82. The van der Waals surface area contributed by atoms with E-state index in [2.05, 4.69) is 59.9 Å². The van der Waals surface area contributed by atoms with Gasteiger partial charge < -0.3 is 19.4 Å². The Labute approximate surface area is 208 Å². The first-order valence-electron chi connectivity index (χ1n) is 12.2. The van der Waals surface area contributed by atoms with Crippen LogP contribution in [0.1, 0.15) is 49.3 Å². The Morgan fingerprint density at radius 1 is 1.06 bits per heavy atom. The van der Waals surface area contributed by atoms with Gasteiger partial charge in [0.15, 0.2) is 0 Å². The Hall–Kier alpha value is -3.32. The van der Waals surface area contributed by atoms with E-state index in [1.165, 1.54) is 5.69 Å². The smallest absolute Gasteiger partial charge is 0.214 e. The van der Waals surface area contributed by atoms with Crippen LogP contribution in [0.15, 0.2) is 48.5 Å². The lowest BCUT2D eigenvalue weighted by Gasteiger charge is -2.35. The van der Waals surface area contributed by atoms with E-state index in [0.717, 1.165) is 66.5 Å². The van der Waals surface area contributed by atoms with Crippen LogP contribution < -0.4 is 14.5 Å². The summed E-state index contributed by atoms with van der Waals surface area (Å²) in [6.45, 7) is 12.5. The average Bonchev–Trinajstić information content (AvgIpc) is 3.24. The number of hydrogen-bond acceptors (Lipinski definition) is 5. The molecule has 0 bridgehead atoms. The fourth-order valence-electron chi connectivity index (χ4n) is 4.85. The first kappa shape index (κ1) is 24.8. The van der Waals surface area contributed by atoms with Crippen molar-refractivity contribution in [2.45, 2.75) is 39.2 Å². The van der Waals surface area contributed by atoms with E-state index >= 15 is 0 Å². The molecule has 1 N–H and O–H groups in total. The zero-order valence-electron chi connectivity index (χ0n) is 21.7. The number of aromatic nitrogens is 2. The standard InChI is InChI=1S/C28H37N5O2/c1-20-25(27(30-29-20)28(2,3)4)26(23-9-7-8-10-24(23)35-6)33(19-34)22-13-11-21(12-14-22)32-17-15-31(5)16-18-32/h7-14,19,26H,15-18H2,1-6H3,(H,29,30). The summed E-state index contributed by atoms with van der Waals surface area (Å²) >= 11 is 0. The topological polar surface area (TPSA) is 64.7 Å². The molecular formula is C28H37N5O2. The van der Waals surface area contributed by atoms with Gasteiger partial charge in [-0.05, 0) is 44.3 Å². The van der Waals surface area contributed by atoms with E-state index in [0.29, 0.717) is 0 Å². The van der Waals surface area contributed by atoms with E-state index in [9.17, 15) is 4.79 Å². The number of methoxy groups -OCH3 is 1. The van der Waals surface area contributed by atoms with Gasteiger partial charge in [-0.25, -0.2) is 0 Å². The first-order valence-corrected chi connectivity index (χ1v) is 12.2. The third kappa shape index (κ3) is 5.05. The molecule has 0 spiro atoms. The molecule has 1 aromatic heterocycles. The van der Waals surface area contributed by atoms with Gasteiger partial charge in [0.25, 0.3) is 0 Å². The molecule has 0 saturated carbocycles. The van der Waals surface area contributed by atoms with Crippen molar-refractivity contribution in [1.82, 2.24) is 15.1 Å². The van der Waals surface area contributed by atoms with E-state index in [1.807, 2.05) is 43.3 Å². The fraction of sp³-hybridized carbons (Fsp3) is 0.429. The molecule has 1 amide bonds. The number of carbonyl (C=O) groups is 1. The van der Waals surface area contributed by atoms with Crippen LogP contribution in [0.3, 0.4) is 0 Å². The molecule has 1 fully saturated rings. The minimum Gasteiger partial charge on any atom is -0.496 e. The lowest BCUT2D eigenvalue weighted by Crippen LogP contribution is -2.44. The van der Waals surface area contributed by atoms with Crippen LogP contribution in [0.2, 0.25) is 0 Å². The van der Waals surface area contributed by atoms with Gasteiger partial charge in [-0.2, -0.15) is 5.10 Å². The van der Waals surface area contributed by atoms with Crippen molar-refractivity contribution in [3.8, 4) is 5.75 Å². The Morgan fingerprint density at radius 3 is 2.31 bits per heavy atom. The van der Waals surface area contributed by atoms with Gasteiger partial charge in [0.1, 0.15) is 5.75 Å². The molecule has 7 heteroatoms. The average molecular weight is 476 g/mol. The van der Waals surface area contributed by atoms with E-state index < -0.39 is 6.04 Å². The molecule has 4 rings (SSSR count). The molecular weight excluding hydrogens is 438 g/mol. The summed E-state index contributed by atoms with van der Waals surface area (Å²) < 4.78 is 5.74. The Morgan fingerprint density at radius 2 is 1.71 bits per heavy atom. The second-order valence-corrected chi connectivity index (χ2v) is 10.3. The van der Waals surface area contributed by atoms with Gasteiger partial charge in [0.2, 0.25) is 6.41 Å². The molecule has 0 aliphatic carbocycles. The number of para-hydroxylation sites is 1. The van der Waals surface area contributed by atoms with E-state index in [1.54, 1.807) is 12.0 Å². The minimum atomic E-state index is -0.397. The number of likely N-dealkylation sites (N-methyl/N-ethyl adjacent to an activating group) is 1. The summed E-state index contributed by atoms with van der Waals surface area (Å²) in [4.78, 5) is 19.3. The van der Waals surface area contributed by atoms with Gasteiger partial charge in [-0.3, -0.25) is 9.89 Å². The summed E-state index contributed by atoms with van der Waals surface area (Å²) in [5, 5.41) is 7.84. The lowest BCUT2D eigenvalue weighted by atomic mass is 9.84. The molecule has 1 atom stereocenters. The van der Waals surface area contributed by atoms with Gasteiger partial charge in [0, 0.05) is 59.8 Å². The van der Waals surface area contributed by atoms with E-state index in [4.69, 9.17) is 4.74 Å². The monoisotopic (exact) mass is 475 g/mol. The molecule has 1 aliphatic rings. The molecule has 1 aliphatic heterocycles. The highest BCUT2D eigenvalue weighted by molar-refractivity contribution is 5.79. The number of piperazine rings is 1. The predicted octanol–water partition coefficient (Wildman–Crippen LogP) is 4.53. The number of rotatable bonds is 7. The van der Waals surface area contributed by atoms with Gasteiger partial charge in [-0.15, -0.1) is 0 Å². The maximum Gasteiger partial charge on any atom is 0.214 e. The predicted molar refractivity (Wildman–Crippen MR) is 142 cm³/mol. The van der Waals surface area contributed by atoms with Crippen LogP contribution >= 0.6 is 0 Å². The Balaban J connectivity index is 1.80. The van der Waals surface area contributed by atoms with Crippen molar-refractivity contribution < 1.29 is 9.53 Å². The maximum absolute atomic E-state index is 12.7. The third-order valence-corrected chi connectivity index (χ3v) is 6.82. The number of amides is 1. The summed E-state index contributed by atoms with van der Waals surface area (Å²) in [5.74, 6) is 0.735. The van der Waals surface area contributed by atoms with Crippen molar-refractivity contribution in [3.05, 3.63) is 71.0 Å². The Bertz CT molecular complexity index is 1140. The number of ether oxygens (including phenoxy) is 1. The Kier molecular flexibility index (Phi) is 7.17. The fourth-order valence-corrected chi connectivity index (χ4v) is 4.85. The number of aromatic amines is 1. The number of carbonyl (C=O) groups excluding carboxylic acids is 1. The van der Waals surface area contributed by atoms with Crippen molar-refractivity contribution in [2.75, 3.05) is 50.1 Å². The highest BCUT2D eigenvalue weighted by Crippen LogP contribution is 2.41. The van der Waals surface area contributed by atoms with Crippen LogP contribution in [0, 0.1) is 6.92 Å². The van der Waals surface area contributed by atoms with Gasteiger partial charge in [0.05, 0.1) is 18.8 Å². The zero-order valence-corrected chi connectivity index (χ0v) is 21.7. The summed E-state index contributed by atoms with van der Waals surface area (Å²) in [5.41, 5.74) is 5.59. The number of benzene rings is 2. The second kappa shape index (κ2) is 10.1. The normalized spacial score (nSPS) is 15.7. The molecule has 2 heterocycles. The molecule has 3 aromatic rings. The number of anilines is 2. The number of nitrogens with zero attached hydrogens (tertiary/aromatic N) is 4. The number of nitrogens with one attached hydrogen (secondary N) is 1. The minimum absolute atomic E-state index is 0.208. The lowest BCUT2D eigenvalue weighted by molar-refractivity contribution is -0.107. The molecule has 7 nitrogen and oxygen atoms in total. The van der Waals surface area contributed by atoms with Crippen LogP contribution in [0.25, 0.3) is 0 Å². The van der Waals surface area contributed by atoms with Gasteiger partial charge >= 0.3 is 0 Å². The van der Waals surface area contributed by atoms with Crippen molar-refractivity contribution in [3.63, 3.8) is 0 Å². The number of hydrogen-bond donors (Lipinski definition) is 1. The maximum atomic E-state index is 12.7. The van der Waals surface area contributed by atoms with Crippen LogP contribution in [-0.4, -0.2) is 61.8 Å². The molecule has 35 heavy (non-hydrogen) atoms. The number of aryl methyl sites for hydroxylation is 1. The van der Waals surface area contributed by atoms with Crippen molar-refractivity contribution >= 4 is 17.8 Å². The van der Waals surface area contributed by atoms with E-state index in [-0.39, 0.29) is 5.41 Å². The summed E-state index contributed by atoms with van der Waals surface area (Å²) in [6, 6.07) is 15.8. The largest absolute Gasteiger partial charge is 0.496 e. The zero-order chi connectivity index (χ0) is 25.2. The summed E-state index contributed by atoms with van der Waals surface area (Å²) in [7, 11) is 3.82. The highest BCUT2D eigenvalue weighted by Gasteiger charge is 2.34.